The Morgan fingerprint density at radius 3 is 2.46 bits per heavy atom. The summed E-state index contributed by atoms with van der Waals surface area (Å²) in [4.78, 5) is 12.3. The first-order valence-electron chi connectivity index (χ1n) is 7.56. The molecule has 0 radical (unpaired) electrons. The lowest BCUT2D eigenvalue weighted by molar-refractivity contribution is -0.137. The number of hydrogen-bond acceptors (Lipinski definition) is 4. The van der Waals surface area contributed by atoms with E-state index in [4.69, 9.17) is 8.83 Å². The normalized spacial score (nSPS) is 14.0. The van der Waals surface area contributed by atoms with Crippen molar-refractivity contribution < 1.29 is 31.9 Å². The molecule has 3 rings (SSSR count). The Balaban J connectivity index is 1.86. The number of aliphatic hydroxyl groups is 1. The smallest absolute Gasteiger partial charge is 0.417 e. The quantitative estimate of drug-likeness (QED) is 0.725. The zero-order valence-electron chi connectivity index (χ0n) is 13.3. The Kier molecular flexibility index (Phi) is 4.60. The van der Waals surface area contributed by atoms with Gasteiger partial charge in [0, 0.05) is 5.56 Å². The van der Waals surface area contributed by atoms with Crippen molar-refractivity contribution in [2.24, 2.45) is 0 Å². The Labute approximate surface area is 146 Å². The Morgan fingerprint density at radius 1 is 1.08 bits per heavy atom. The molecule has 8 heteroatoms. The van der Waals surface area contributed by atoms with Crippen LogP contribution in [-0.4, -0.2) is 17.6 Å². The summed E-state index contributed by atoms with van der Waals surface area (Å²) in [6, 6.07) is 8.93. The predicted octanol–water partition coefficient (Wildman–Crippen LogP) is 3.56. The first kappa shape index (κ1) is 17.8. The van der Waals surface area contributed by atoms with Gasteiger partial charge in [-0.1, -0.05) is 12.1 Å². The van der Waals surface area contributed by atoms with Crippen LogP contribution >= 0.6 is 0 Å². The maximum atomic E-state index is 13.1. The molecule has 3 aromatic rings. The SMILES string of the molecule is O=C(NCC(O)(c1ccoc1)c1ccco1)c1ccccc1C(F)(F)F. The van der Waals surface area contributed by atoms with E-state index in [2.05, 4.69) is 5.32 Å². The highest BCUT2D eigenvalue weighted by atomic mass is 19.4. The molecule has 1 aromatic carbocycles. The summed E-state index contributed by atoms with van der Waals surface area (Å²) in [5.41, 5.74) is -3.09. The van der Waals surface area contributed by atoms with Crippen LogP contribution in [-0.2, 0) is 11.8 Å². The fraction of sp³-hybridized carbons (Fsp3) is 0.167. The van der Waals surface area contributed by atoms with Crippen LogP contribution in [0, 0.1) is 0 Å². The molecule has 2 heterocycles. The lowest BCUT2D eigenvalue weighted by atomic mass is 9.93. The molecule has 2 aromatic heterocycles. The third kappa shape index (κ3) is 3.36. The van der Waals surface area contributed by atoms with E-state index in [1.54, 1.807) is 6.07 Å². The molecule has 26 heavy (non-hydrogen) atoms. The molecule has 0 spiro atoms. The van der Waals surface area contributed by atoms with Gasteiger partial charge in [-0.3, -0.25) is 4.79 Å². The summed E-state index contributed by atoms with van der Waals surface area (Å²) in [5, 5.41) is 13.3. The van der Waals surface area contributed by atoms with Crippen LogP contribution in [0.3, 0.4) is 0 Å². The number of benzene rings is 1. The Morgan fingerprint density at radius 2 is 1.85 bits per heavy atom. The average Bonchev–Trinajstić information content (AvgIpc) is 3.32. The summed E-state index contributed by atoms with van der Waals surface area (Å²) in [6.07, 6.45) is -0.751. The van der Waals surface area contributed by atoms with Gasteiger partial charge >= 0.3 is 6.18 Å². The van der Waals surface area contributed by atoms with Crippen LogP contribution in [0.5, 0.6) is 0 Å². The van der Waals surface area contributed by atoms with Gasteiger partial charge in [-0.05, 0) is 30.3 Å². The van der Waals surface area contributed by atoms with E-state index in [1.165, 1.54) is 43.1 Å². The molecule has 0 saturated carbocycles. The molecular formula is C18H14F3NO4. The maximum Gasteiger partial charge on any atom is 0.417 e. The minimum atomic E-state index is -4.67. The highest BCUT2D eigenvalue weighted by Gasteiger charge is 2.38. The zero-order valence-corrected chi connectivity index (χ0v) is 13.3. The van der Waals surface area contributed by atoms with E-state index in [-0.39, 0.29) is 11.3 Å². The van der Waals surface area contributed by atoms with Crippen molar-refractivity contribution >= 4 is 5.91 Å². The van der Waals surface area contributed by atoms with Gasteiger partial charge in [-0.15, -0.1) is 0 Å². The summed E-state index contributed by atoms with van der Waals surface area (Å²) < 4.78 is 49.4. The van der Waals surface area contributed by atoms with E-state index >= 15 is 0 Å². The summed E-state index contributed by atoms with van der Waals surface area (Å²) >= 11 is 0. The molecule has 1 amide bonds. The summed E-state index contributed by atoms with van der Waals surface area (Å²) in [7, 11) is 0. The monoisotopic (exact) mass is 365 g/mol. The van der Waals surface area contributed by atoms with Crippen LogP contribution in [0.25, 0.3) is 0 Å². The summed E-state index contributed by atoms with van der Waals surface area (Å²) in [6.45, 7) is -0.412. The molecule has 1 atom stereocenters. The number of halogens is 3. The summed E-state index contributed by atoms with van der Waals surface area (Å²) in [5.74, 6) is -0.852. The maximum absolute atomic E-state index is 13.1. The van der Waals surface area contributed by atoms with Gasteiger partial charge in [-0.2, -0.15) is 13.2 Å². The van der Waals surface area contributed by atoms with Gasteiger partial charge < -0.3 is 19.3 Å². The fourth-order valence-corrected chi connectivity index (χ4v) is 2.58. The highest BCUT2D eigenvalue weighted by molar-refractivity contribution is 5.96. The highest BCUT2D eigenvalue weighted by Crippen LogP contribution is 2.33. The van der Waals surface area contributed by atoms with Gasteiger partial charge in [0.15, 0.2) is 5.60 Å². The van der Waals surface area contributed by atoms with Crippen LogP contribution in [0.1, 0.15) is 27.2 Å². The number of furan rings is 2. The third-order valence-electron chi connectivity index (χ3n) is 3.91. The number of rotatable bonds is 5. The average molecular weight is 365 g/mol. The van der Waals surface area contributed by atoms with Crippen molar-refractivity contribution in [3.05, 3.63) is 83.7 Å². The minimum Gasteiger partial charge on any atom is -0.472 e. The van der Waals surface area contributed by atoms with Crippen LogP contribution in [0.4, 0.5) is 13.2 Å². The van der Waals surface area contributed by atoms with E-state index < -0.39 is 35.4 Å². The first-order valence-corrected chi connectivity index (χ1v) is 7.56. The zero-order chi connectivity index (χ0) is 18.8. The number of carbonyl (C=O) groups is 1. The molecule has 0 aliphatic rings. The second-order valence-corrected chi connectivity index (χ2v) is 5.58. The molecular weight excluding hydrogens is 351 g/mol. The number of amides is 1. The molecule has 0 aliphatic carbocycles. The van der Waals surface area contributed by atoms with Crippen molar-refractivity contribution in [3.63, 3.8) is 0 Å². The first-order chi connectivity index (χ1) is 12.3. The second-order valence-electron chi connectivity index (χ2n) is 5.58. The Hall–Kier alpha value is -3.00. The largest absolute Gasteiger partial charge is 0.472 e. The van der Waals surface area contributed by atoms with E-state index in [0.717, 1.165) is 12.1 Å². The van der Waals surface area contributed by atoms with Crippen LogP contribution in [0.2, 0.25) is 0 Å². The number of carbonyl (C=O) groups excluding carboxylic acids is 1. The van der Waals surface area contributed by atoms with Gasteiger partial charge in [-0.25, -0.2) is 0 Å². The molecule has 1 unspecified atom stereocenters. The number of alkyl halides is 3. The van der Waals surface area contributed by atoms with Gasteiger partial charge in [0.2, 0.25) is 0 Å². The van der Waals surface area contributed by atoms with E-state index in [9.17, 15) is 23.1 Å². The van der Waals surface area contributed by atoms with E-state index in [1.807, 2.05) is 0 Å². The standard InChI is InChI=1S/C18H14F3NO4/c19-18(20,21)14-5-2-1-4-13(14)16(23)22-11-17(24,12-7-9-25-10-12)15-6-3-8-26-15/h1-10,24H,11H2,(H,22,23). The van der Waals surface area contributed by atoms with E-state index in [0.29, 0.717) is 0 Å². The van der Waals surface area contributed by atoms with Gasteiger partial charge in [0.05, 0.1) is 36.5 Å². The molecule has 2 N–H and O–H groups in total. The minimum absolute atomic E-state index is 0.114. The second kappa shape index (κ2) is 6.72. The number of hydrogen-bond donors (Lipinski definition) is 2. The van der Waals surface area contributed by atoms with Crippen molar-refractivity contribution in [3.8, 4) is 0 Å². The van der Waals surface area contributed by atoms with Gasteiger partial charge in [0.1, 0.15) is 5.76 Å². The van der Waals surface area contributed by atoms with Crippen molar-refractivity contribution in [1.82, 2.24) is 5.32 Å². The third-order valence-corrected chi connectivity index (χ3v) is 3.91. The Bertz CT molecular complexity index is 836. The van der Waals surface area contributed by atoms with Crippen LogP contribution < -0.4 is 5.32 Å². The molecule has 136 valence electrons. The number of nitrogens with one attached hydrogen (secondary N) is 1. The van der Waals surface area contributed by atoms with Crippen molar-refractivity contribution in [2.75, 3.05) is 6.54 Å². The molecule has 5 nitrogen and oxygen atoms in total. The van der Waals surface area contributed by atoms with Crippen molar-refractivity contribution in [1.29, 1.82) is 0 Å². The lowest BCUT2D eigenvalue weighted by Crippen LogP contribution is -2.41. The molecule has 0 bridgehead atoms. The molecule has 0 aliphatic heterocycles. The lowest BCUT2D eigenvalue weighted by Gasteiger charge is -2.25. The fourth-order valence-electron chi connectivity index (χ4n) is 2.58. The predicted molar refractivity (Wildman–Crippen MR) is 84.2 cm³/mol. The topological polar surface area (TPSA) is 75.6 Å². The van der Waals surface area contributed by atoms with Crippen molar-refractivity contribution in [2.45, 2.75) is 11.8 Å². The van der Waals surface area contributed by atoms with Crippen LogP contribution in [0.15, 0.2) is 70.1 Å². The van der Waals surface area contributed by atoms with Gasteiger partial charge in [0.25, 0.3) is 5.91 Å². The molecule has 0 fully saturated rings. The molecule has 0 saturated heterocycles.